The summed E-state index contributed by atoms with van der Waals surface area (Å²) in [6.45, 7) is 4.70. The van der Waals surface area contributed by atoms with Crippen LogP contribution in [0, 0.1) is 17.8 Å². The van der Waals surface area contributed by atoms with E-state index in [4.69, 9.17) is 4.84 Å². The Morgan fingerprint density at radius 3 is 2.16 bits per heavy atom. The zero-order chi connectivity index (χ0) is 13.1. The molecule has 0 atom stereocenters. The summed E-state index contributed by atoms with van der Waals surface area (Å²) >= 11 is 0. The molecule has 1 aliphatic heterocycles. The Morgan fingerprint density at radius 1 is 0.895 bits per heavy atom. The minimum absolute atomic E-state index is 0.546. The minimum Gasteiger partial charge on any atom is -0.296 e. The summed E-state index contributed by atoms with van der Waals surface area (Å²) in [5.74, 6) is 2.94. The second-order valence-corrected chi connectivity index (χ2v) is 7.42. The molecule has 0 aromatic carbocycles. The van der Waals surface area contributed by atoms with Gasteiger partial charge in [0.05, 0.1) is 6.10 Å². The molecule has 2 saturated carbocycles. The van der Waals surface area contributed by atoms with E-state index < -0.39 is 0 Å². The lowest BCUT2D eigenvalue weighted by Gasteiger charge is -2.39. The predicted molar refractivity (Wildman–Crippen MR) is 78.8 cm³/mol. The van der Waals surface area contributed by atoms with Crippen LogP contribution in [-0.2, 0) is 4.84 Å². The number of hydroxylamine groups is 2. The summed E-state index contributed by atoms with van der Waals surface area (Å²) in [6, 6.07) is 0. The van der Waals surface area contributed by atoms with Gasteiger partial charge in [0.25, 0.3) is 0 Å². The maximum Gasteiger partial charge on any atom is 0.0798 e. The molecule has 0 amide bonds. The molecule has 19 heavy (non-hydrogen) atoms. The number of hydrogen-bond acceptors (Lipinski definition) is 2. The third-order valence-corrected chi connectivity index (χ3v) is 5.59. The summed E-state index contributed by atoms with van der Waals surface area (Å²) < 4.78 is 0. The molecule has 2 aliphatic carbocycles. The Labute approximate surface area is 118 Å². The normalized spacial score (nSPS) is 35.2. The average Bonchev–Trinajstić information content (AvgIpc) is 2.40. The molecule has 110 valence electrons. The van der Waals surface area contributed by atoms with Crippen LogP contribution in [0.4, 0.5) is 0 Å². The fourth-order valence-corrected chi connectivity index (χ4v) is 4.27. The molecular weight excluding hydrogens is 234 g/mol. The van der Waals surface area contributed by atoms with Gasteiger partial charge < -0.3 is 0 Å². The van der Waals surface area contributed by atoms with Crippen molar-refractivity contribution in [3.8, 4) is 0 Å². The van der Waals surface area contributed by atoms with E-state index in [0.29, 0.717) is 6.10 Å². The van der Waals surface area contributed by atoms with Gasteiger partial charge in [-0.05, 0) is 49.9 Å². The van der Waals surface area contributed by atoms with Crippen molar-refractivity contribution >= 4 is 0 Å². The number of rotatable bonds is 4. The van der Waals surface area contributed by atoms with Gasteiger partial charge in [0.2, 0.25) is 0 Å². The van der Waals surface area contributed by atoms with Gasteiger partial charge in [0.1, 0.15) is 0 Å². The molecule has 0 N–H and O–H groups in total. The van der Waals surface area contributed by atoms with Crippen molar-refractivity contribution < 1.29 is 4.84 Å². The van der Waals surface area contributed by atoms with E-state index in [-0.39, 0.29) is 0 Å². The molecule has 2 nitrogen and oxygen atoms in total. The lowest BCUT2D eigenvalue weighted by atomic mass is 9.80. The maximum absolute atomic E-state index is 6.07. The average molecular weight is 265 g/mol. The fraction of sp³-hybridized carbons (Fsp3) is 1.00. The Balaban J connectivity index is 1.32. The maximum atomic E-state index is 6.07. The molecule has 0 unspecified atom stereocenters. The van der Waals surface area contributed by atoms with Crippen molar-refractivity contribution in [3.63, 3.8) is 0 Å². The van der Waals surface area contributed by atoms with Crippen LogP contribution < -0.4 is 0 Å². The van der Waals surface area contributed by atoms with E-state index in [1.807, 2.05) is 0 Å². The SMILES string of the molecule is C[C@H]1C[C@H](ON2CCC(CC3CCCCC3)CC2)C1. The van der Waals surface area contributed by atoms with Gasteiger partial charge in [0.15, 0.2) is 0 Å². The minimum atomic E-state index is 0.546. The number of hydrogen-bond donors (Lipinski definition) is 0. The molecule has 0 aromatic rings. The predicted octanol–water partition coefficient (Wildman–Crippen LogP) is 4.40. The summed E-state index contributed by atoms with van der Waals surface area (Å²) in [5, 5.41) is 2.27. The second kappa shape index (κ2) is 6.58. The summed E-state index contributed by atoms with van der Waals surface area (Å²) in [4.78, 5) is 6.07. The van der Waals surface area contributed by atoms with Gasteiger partial charge >= 0.3 is 0 Å². The van der Waals surface area contributed by atoms with E-state index in [2.05, 4.69) is 12.0 Å². The first kappa shape index (κ1) is 13.9. The molecule has 1 heterocycles. The van der Waals surface area contributed by atoms with Gasteiger partial charge in [-0.1, -0.05) is 39.0 Å². The molecule has 0 aromatic heterocycles. The van der Waals surface area contributed by atoms with Crippen LogP contribution in [0.25, 0.3) is 0 Å². The van der Waals surface area contributed by atoms with E-state index in [1.54, 1.807) is 0 Å². The van der Waals surface area contributed by atoms with Crippen molar-refractivity contribution in [1.29, 1.82) is 0 Å². The third-order valence-electron chi connectivity index (χ3n) is 5.59. The van der Waals surface area contributed by atoms with Gasteiger partial charge in [0, 0.05) is 13.1 Å². The van der Waals surface area contributed by atoms with Crippen molar-refractivity contribution in [2.45, 2.75) is 77.2 Å². The van der Waals surface area contributed by atoms with Gasteiger partial charge in [-0.2, -0.15) is 5.06 Å². The first-order chi connectivity index (χ1) is 9.29. The van der Waals surface area contributed by atoms with Crippen molar-refractivity contribution in [2.75, 3.05) is 13.1 Å². The molecule has 1 saturated heterocycles. The van der Waals surface area contributed by atoms with Gasteiger partial charge in [-0.15, -0.1) is 0 Å². The molecule has 0 bridgehead atoms. The van der Waals surface area contributed by atoms with E-state index in [9.17, 15) is 0 Å². The highest BCUT2D eigenvalue weighted by Crippen LogP contribution is 2.34. The Kier molecular flexibility index (Phi) is 4.81. The molecular formula is C17H31NO. The highest BCUT2D eigenvalue weighted by molar-refractivity contribution is 4.78. The largest absolute Gasteiger partial charge is 0.296 e. The van der Waals surface area contributed by atoms with Gasteiger partial charge in [-0.25, -0.2) is 0 Å². The van der Waals surface area contributed by atoms with Crippen LogP contribution >= 0.6 is 0 Å². The molecule has 3 rings (SSSR count). The smallest absolute Gasteiger partial charge is 0.0798 e. The molecule has 2 heteroatoms. The Morgan fingerprint density at radius 2 is 1.53 bits per heavy atom. The monoisotopic (exact) mass is 265 g/mol. The first-order valence-corrected chi connectivity index (χ1v) is 8.71. The second-order valence-electron chi connectivity index (χ2n) is 7.42. The summed E-state index contributed by atoms with van der Waals surface area (Å²) in [5.41, 5.74) is 0. The first-order valence-electron chi connectivity index (χ1n) is 8.71. The molecule has 3 fully saturated rings. The molecule has 0 radical (unpaired) electrons. The van der Waals surface area contributed by atoms with Crippen LogP contribution in [-0.4, -0.2) is 24.3 Å². The lowest BCUT2D eigenvalue weighted by Crippen LogP contribution is -2.41. The third kappa shape index (κ3) is 3.95. The summed E-state index contributed by atoms with van der Waals surface area (Å²) in [7, 11) is 0. The quantitative estimate of drug-likeness (QED) is 0.747. The van der Waals surface area contributed by atoms with Crippen molar-refractivity contribution in [2.24, 2.45) is 17.8 Å². The van der Waals surface area contributed by atoms with E-state index in [0.717, 1.165) is 17.8 Å². The Bertz CT molecular complexity index is 260. The van der Waals surface area contributed by atoms with E-state index >= 15 is 0 Å². The van der Waals surface area contributed by atoms with E-state index in [1.165, 1.54) is 77.3 Å². The van der Waals surface area contributed by atoms with Crippen molar-refractivity contribution in [3.05, 3.63) is 0 Å². The van der Waals surface area contributed by atoms with Crippen LogP contribution in [0.2, 0.25) is 0 Å². The zero-order valence-corrected chi connectivity index (χ0v) is 12.7. The van der Waals surface area contributed by atoms with Crippen LogP contribution in [0.5, 0.6) is 0 Å². The molecule has 0 spiro atoms. The standard InChI is InChI=1S/C17H31NO/c1-14-11-17(12-14)19-18-9-7-16(8-10-18)13-15-5-3-2-4-6-15/h14-17H,2-13H2,1H3/t14-,17-. The topological polar surface area (TPSA) is 12.5 Å². The number of nitrogens with zero attached hydrogens (tertiary/aromatic N) is 1. The van der Waals surface area contributed by atoms with Gasteiger partial charge in [-0.3, -0.25) is 4.84 Å². The van der Waals surface area contributed by atoms with Crippen LogP contribution in [0.1, 0.15) is 71.1 Å². The zero-order valence-electron chi connectivity index (χ0n) is 12.7. The number of piperidine rings is 1. The lowest BCUT2D eigenvalue weighted by molar-refractivity contribution is -0.236. The van der Waals surface area contributed by atoms with Crippen LogP contribution in [0.15, 0.2) is 0 Å². The van der Waals surface area contributed by atoms with Crippen LogP contribution in [0.3, 0.4) is 0 Å². The highest BCUT2D eigenvalue weighted by Gasteiger charge is 2.30. The Hall–Kier alpha value is -0.0800. The van der Waals surface area contributed by atoms with Crippen molar-refractivity contribution in [1.82, 2.24) is 5.06 Å². The molecule has 3 aliphatic rings. The highest BCUT2D eigenvalue weighted by atomic mass is 16.7. The summed E-state index contributed by atoms with van der Waals surface area (Å²) in [6.07, 6.45) is 14.9. The fourth-order valence-electron chi connectivity index (χ4n) is 4.27.